The van der Waals surface area contributed by atoms with E-state index in [1.807, 2.05) is 12.1 Å². The monoisotopic (exact) mass is 273 g/mol. The van der Waals surface area contributed by atoms with Gasteiger partial charge in [-0.2, -0.15) is 0 Å². The summed E-state index contributed by atoms with van der Waals surface area (Å²) >= 11 is 0. The first kappa shape index (κ1) is 12.3. The first-order valence-corrected chi connectivity index (χ1v) is 5.88. The SMILES string of the molecule is O=C(Nc1ccc(F)c(F)c1)c1cc2ccccc2o1. The fraction of sp³-hybridized carbons (Fsp3) is 0. The normalized spacial score (nSPS) is 10.7. The highest BCUT2D eigenvalue weighted by Gasteiger charge is 2.13. The number of hydrogen-bond donors (Lipinski definition) is 1. The molecule has 1 heterocycles. The van der Waals surface area contributed by atoms with Crippen LogP contribution < -0.4 is 5.32 Å². The molecule has 3 nitrogen and oxygen atoms in total. The van der Waals surface area contributed by atoms with E-state index in [4.69, 9.17) is 4.42 Å². The van der Waals surface area contributed by atoms with E-state index in [-0.39, 0.29) is 11.4 Å². The minimum Gasteiger partial charge on any atom is -0.451 e. The second-order valence-corrected chi connectivity index (χ2v) is 4.23. The number of benzene rings is 2. The summed E-state index contributed by atoms with van der Waals surface area (Å²) in [5.74, 6) is -2.40. The molecule has 0 saturated heterocycles. The Morgan fingerprint density at radius 3 is 2.55 bits per heavy atom. The summed E-state index contributed by atoms with van der Waals surface area (Å²) in [6, 6.07) is 11.9. The number of carbonyl (C=O) groups is 1. The van der Waals surface area contributed by atoms with E-state index in [1.54, 1.807) is 18.2 Å². The molecule has 0 unspecified atom stereocenters. The third-order valence-electron chi connectivity index (χ3n) is 2.83. The van der Waals surface area contributed by atoms with Crippen LogP contribution in [0.25, 0.3) is 11.0 Å². The number of hydrogen-bond acceptors (Lipinski definition) is 2. The predicted molar refractivity (Wildman–Crippen MR) is 70.5 cm³/mol. The molecule has 0 bridgehead atoms. The molecule has 1 amide bonds. The van der Waals surface area contributed by atoms with Crippen molar-refractivity contribution in [2.75, 3.05) is 5.32 Å². The van der Waals surface area contributed by atoms with Gasteiger partial charge in [0.25, 0.3) is 5.91 Å². The Morgan fingerprint density at radius 2 is 1.80 bits per heavy atom. The van der Waals surface area contributed by atoms with Crippen molar-refractivity contribution in [1.29, 1.82) is 0 Å². The molecule has 0 aliphatic heterocycles. The molecule has 0 radical (unpaired) electrons. The Bertz CT molecular complexity index is 762. The zero-order valence-corrected chi connectivity index (χ0v) is 10.2. The second kappa shape index (κ2) is 4.77. The highest BCUT2D eigenvalue weighted by Crippen LogP contribution is 2.20. The number of fused-ring (bicyclic) bond motifs is 1. The van der Waals surface area contributed by atoms with E-state index in [0.717, 1.165) is 17.5 Å². The Morgan fingerprint density at radius 1 is 1.00 bits per heavy atom. The lowest BCUT2D eigenvalue weighted by Gasteiger charge is -2.03. The summed E-state index contributed by atoms with van der Waals surface area (Å²) < 4.78 is 31.2. The minimum atomic E-state index is -1.02. The number of para-hydroxylation sites is 1. The van der Waals surface area contributed by atoms with E-state index in [1.165, 1.54) is 6.07 Å². The van der Waals surface area contributed by atoms with Gasteiger partial charge in [0.15, 0.2) is 17.4 Å². The van der Waals surface area contributed by atoms with E-state index in [2.05, 4.69) is 5.32 Å². The van der Waals surface area contributed by atoms with Crippen molar-refractivity contribution in [2.24, 2.45) is 0 Å². The Balaban J connectivity index is 1.86. The van der Waals surface area contributed by atoms with Crippen molar-refractivity contribution in [3.8, 4) is 0 Å². The molecule has 3 rings (SSSR count). The van der Waals surface area contributed by atoms with Gasteiger partial charge in [-0.05, 0) is 24.3 Å². The van der Waals surface area contributed by atoms with Gasteiger partial charge in [0, 0.05) is 17.1 Å². The lowest BCUT2D eigenvalue weighted by Crippen LogP contribution is -2.11. The van der Waals surface area contributed by atoms with Gasteiger partial charge in [-0.15, -0.1) is 0 Å². The minimum absolute atomic E-state index is 0.107. The van der Waals surface area contributed by atoms with Crippen LogP contribution in [0, 0.1) is 11.6 Å². The number of amides is 1. The topological polar surface area (TPSA) is 42.2 Å². The maximum Gasteiger partial charge on any atom is 0.291 e. The van der Waals surface area contributed by atoms with Crippen molar-refractivity contribution in [1.82, 2.24) is 0 Å². The van der Waals surface area contributed by atoms with E-state index < -0.39 is 17.5 Å². The Hall–Kier alpha value is -2.69. The highest BCUT2D eigenvalue weighted by atomic mass is 19.2. The summed E-state index contributed by atoms with van der Waals surface area (Å²) in [6.07, 6.45) is 0. The lowest BCUT2D eigenvalue weighted by atomic mass is 10.2. The van der Waals surface area contributed by atoms with Gasteiger partial charge < -0.3 is 9.73 Å². The summed E-state index contributed by atoms with van der Waals surface area (Å²) in [6.45, 7) is 0. The lowest BCUT2D eigenvalue weighted by molar-refractivity contribution is 0.0998. The molecule has 0 atom stereocenters. The fourth-order valence-corrected chi connectivity index (χ4v) is 1.86. The molecule has 0 aliphatic carbocycles. The van der Waals surface area contributed by atoms with Gasteiger partial charge in [-0.25, -0.2) is 8.78 Å². The number of furan rings is 1. The first-order valence-electron chi connectivity index (χ1n) is 5.88. The van der Waals surface area contributed by atoms with Crippen molar-refractivity contribution < 1.29 is 18.0 Å². The molecular formula is C15H9F2NO2. The van der Waals surface area contributed by atoms with Crippen LogP contribution in [0.4, 0.5) is 14.5 Å². The summed E-state index contributed by atoms with van der Waals surface area (Å²) in [4.78, 5) is 12.0. The van der Waals surface area contributed by atoms with Crippen LogP contribution in [-0.2, 0) is 0 Å². The van der Waals surface area contributed by atoms with Gasteiger partial charge in [-0.1, -0.05) is 18.2 Å². The third-order valence-corrected chi connectivity index (χ3v) is 2.83. The molecule has 1 aromatic heterocycles. The fourth-order valence-electron chi connectivity index (χ4n) is 1.86. The summed E-state index contributed by atoms with van der Waals surface area (Å²) in [7, 11) is 0. The zero-order valence-electron chi connectivity index (χ0n) is 10.2. The van der Waals surface area contributed by atoms with Crippen molar-refractivity contribution in [3.05, 3.63) is 65.9 Å². The number of rotatable bonds is 2. The molecule has 100 valence electrons. The molecule has 0 aliphatic rings. The number of carbonyl (C=O) groups excluding carboxylic acids is 1. The first-order chi connectivity index (χ1) is 9.63. The largest absolute Gasteiger partial charge is 0.451 e. The summed E-state index contributed by atoms with van der Waals surface area (Å²) in [5, 5.41) is 3.24. The van der Waals surface area contributed by atoms with E-state index in [9.17, 15) is 13.6 Å². The molecular weight excluding hydrogens is 264 g/mol. The number of nitrogens with one attached hydrogen (secondary N) is 1. The van der Waals surface area contributed by atoms with Crippen LogP contribution in [0.2, 0.25) is 0 Å². The van der Waals surface area contributed by atoms with Crippen molar-refractivity contribution in [3.63, 3.8) is 0 Å². The van der Waals surface area contributed by atoms with Crippen LogP contribution in [0.1, 0.15) is 10.6 Å². The maximum absolute atomic E-state index is 13.0. The smallest absolute Gasteiger partial charge is 0.291 e. The molecule has 2 aromatic carbocycles. The molecule has 0 saturated carbocycles. The maximum atomic E-state index is 13.0. The standard InChI is InChI=1S/C15H9F2NO2/c16-11-6-5-10(8-12(11)17)18-15(19)14-7-9-3-1-2-4-13(9)20-14/h1-8H,(H,18,19). The van der Waals surface area contributed by atoms with E-state index in [0.29, 0.717) is 5.58 Å². The molecule has 3 aromatic rings. The zero-order chi connectivity index (χ0) is 14.1. The number of anilines is 1. The van der Waals surface area contributed by atoms with Gasteiger partial charge >= 0.3 is 0 Å². The molecule has 5 heteroatoms. The van der Waals surface area contributed by atoms with Gasteiger partial charge in [0.05, 0.1) is 0 Å². The second-order valence-electron chi connectivity index (χ2n) is 4.23. The molecule has 20 heavy (non-hydrogen) atoms. The number of halogens is 2. The van der Waals surface area contributed by atoms with Gasteiger partial charge in [0.2, 0.25) is 0 Å². The molecule has 1 N–H and O–H groups in total. The third kappa shape index (κ3) is 2.25. The van der Waals surface area contributed by atoms with Crippen LogP contribution >= 0.6 is 0 Å². The average molecular weight is 273 g/mol. The van der Waals surface area contributed by atoms with Crippen LogP contribution in [-0.4, -0.2) is 5.91 Å². The quantitative estimate of drug-likeness (QED) is 0.767. The van der Waals surface area contributed by atoms with Crippen molar-refractivity contribution >= 4 is 22.6 Å². The average Bonchev–Trinajstić information content (AvgIpc) is 2.87. The highest BCUT2D eigenvalue weighted by molar-refractivity contribution is 6.04. The Kier molecular flexibility index (Phi) is 2.95. The molecule has 0 fully saturated rings. The predicted octanol–water partition coefficient (Wildman–Crippen LogP) is 3.96. The Labute approximate surface area is 112 Å². The van der Waals surface area contributed by atoms with Gasteiger partial charge in [-0.3, -0.25) is 4.79 Å². The van der Waals surface area contributed by atoms with Crippen LogP contribution in [0.15, 0.2) is 52.9 Å². The van der Waals surface area contributed by atoms with Crippen LogP contribution in [0.3, 0.4) is 0 Å². The summed E-state index contributed by atoms with van der Waals surface area (Å²) in [5.41, 5.74) is 0.747. The van der Waals surface area contributed by atoms with Crippen molar-refractivity contribution in [2.45, 2.75) is 0 Å². The molecule has 0 spiro atoms. The van der Waals surface area contributed by atoms with Gasteiger partial charge in [0.1, 0.15) is 5.58 Å². The van der Waals surface area contributed by atoms with Crippen LogP contribution in [0.5, 0.6) is 0 Å². The van der Waals surface area contributed by atoms with E-state index >= 15 is 0 Å².